The van der Waals surface area contributed by atoms with Crippen molar-refractivity contribution in [2.24, 2.45) is 5.41 Å². The topological polar surface area (TPSA) is 82.9 Å². The van der Waals surface area contributed by atoms with Crippen molar-refractivity contribution in [1.29, 1.82) is 5.26 Å². The van der Waals surface area contributed by atoms with Crippen LogP contribution in [0.25, 0.3) is 0 Å². The molecule has 4 atom stereocenters. The Morgan fingerprint density at radius 2 is 1.92 bits per heavy atom. The zero-order chi connectivity index (χ0) is 18.8. The average Bonchev–Trinajstić information content (AvgIpc) is 3.19. The van der Waals surface area contributed by atoms with E-state index in [1.54, 1.807) is 37.9 Å². The summed E-state index contributed by atoms with van der Waals surface area (Å²) in [7, 11) is 1.63. The molecule has 0 N–H and O–H groups in total. The molecule has 3 heterocycles. The number of carbonyl (C=O) groups is 2. The maximum Gasteiger partial charge on any atom is 0.246 e. The molecule has 3 aliphatic rings. The Morgan fingerprint density at radius 3 is 2.58 bits per heavy atom. The second-order valence-electron chi connectivity index (χ2n) is 7.25. The Morgan fingerprint density at radius 1 is 1.27 bits per heavy atom. The minimum absolute atomic E-state index is 0.127. The van der Waals surface area contributed by atoms with E-state index < -0.39 is 23.5 Å². The van der Waals surface area contributed by atoms with E-state index in [0.717, 1.165) is 10.0 Å². The van der Waals surface area contributed by atoms with Gasteiger partial charge in [0.1, 0.15) is 12.1 Å². The normalized spacial score (nSPS) is 32.7. The average molecular weight is 420 g/mol. The molecule has 0 spiro atoms. The summed E-state index contributed by atoms with van der Waals surface area (Å²) < 4.78 is 11.6. The number of nitriles is 1. The molecule has 7 nitrogen and oxygen atoms in total. The Labute approximate surface area is 159 Å². The fourth-order valence-corrected chi connectivity index (χ4v) is 4.67. The second kappa shape index (κ2) is 5.61. The van der Waals surface area contributed by atoms with Crippen LogP contribution in [0, 0.1) is 16.7 Å². The van der Waals surface area contributed by atoms with E-state index in [-0.39, 0.29) is 18.6 Å². The fourth-order valence-electron chi connectivity index (χ4n) is 4.14. The van der Waals surface area contributed by atoms with Crippen molar-refractivity contribution in [3.8, 4) is 17.6 Å². The summed E-state index contributed by atoms with van der Waals surface area (Å²) >= 11 is 3.54. The summed E-state index contributed by atoms with van der Waals surface area (Å²) in [6.45, 7) is 3.65. The second-order valence-corrected chi connectivity index (χ2v) is 8.10. The quantitative estimate of drug-likeness (QED) is 0.696. The van der Waals surface area contributed by atoms with Gasteiger partial charge < -0.3 is 19.3 Å². The van der Waals surface area contributed by atoms with Crippen LogP contribution in [0.4, 0.5) is 0 Å². The highest BCUT2D eigenvalue weighted by molar-refractivity contribution is 9.10. The highest BCUT2D eigenvalue weighted by atomic mass is 79.9. The number of nitrogens with zero attached hydrogens (tertiary/aromatic N) is 3. The molecule has 8 heteroatoms. The van der Waals surface area contributed by atoms with Gasteiger partial charge in [0, 0.05) is 11.5 Å². The van der Waals surface area contributed by atoms with E-state index in [1.807, 2.05) is 0 Å². The molecule has 0 aromatic heterocycles. The van der Waals surface area contributed by atoms with Gasteiger partial charge in [-0.2, -0.15) is 5.26 Å². The standard InChI is InChI=1S/C18H18BrN3O4/c1-9-16(23)22-12(17(24)21(9)3)6-18(2,7-20)15(22)10-4-13-14(5-11(10)19)26-8-25-13/h4-5,9,12,15H,6,8H2,1-3H3/t9-,12?,15?,18-/m1/s1. The Hall–Kier alpha value is -2.27. The number of likely N-dealkylation sites (N-methyl/N-ethyl adjacent to an activating group) is 1. The van der Waals surface area contributed by atoms with E-state index in [1.165, 1.54) is 4.90 Å². The Bertz CT molecular complexity index is 867. The third kappa shape index (κ3) is 2.16. The van der Waals surface area contributed by atoms with E-state index in [0.29, 0.717) is 17.9 Å². The van der Waals surface area contributed by atoms with Crippen LogP contribution in [0.2, 0.25) is 0 Å². The summed E-state index contributed by atoms with van der Waals surface area (Å²) in [6, 6.07) is 4.20. The van der Waals surface area contributed by atoms with Crippen molar-refractivity contribution in [1.82, 2.24) is 9.80 Å². The lowest BCUT2D eigenvalue weighted by Crippen LogP contribution is -2.60. The minimum atomic E-state index is -0.892. The largest absolute Gasteiger partial charge is 0.454 e. The number of fused-ring (bicyclic) bond motifs is 2. The number of benzene rings is 1. The molecule has 2 saturated heterocycles. The summed E-state index contributed by atoms with van der Waals surface area (Å²) in [5.41, 5.74) is -0.143. The van der Waals surface area contributed by atoms with Crippen LogP contribution in [0.15, 0.2) is 16.6 Å². The maximum atomic E-state index is 13.0. The Kier molecular flexibility index (Phi) is 3.70. The molecule has 0 saturated carbocycles. The van der Waals surface area contributed by atoms with Crippen LogP contribution >= 0.6 is 15.9 Å². The predicted octanol–water partition coefficient (Wildman–Crippen LogP) is 2.21. The van der Waals surface area contributed by atoms with Gasteiger partial charge in [0.2, 0.25) is 18.6 Å². The van der Waals surface area contributed by atoms with Gasteiger partial charge in [0.15, 0.2) is 11.5 Å². The molecule has 26 heavy (non-hydrogen) atoms. The zero-order valence-corrected chi connectivity index (χ0v) is 16.2. The number of rotatable bonds is 1. The van der Waals surface area contributed by atoms with Crippen molar-refractivity contribution < 1.29 is 19.1 Å². The third-order valence-electron chi connectivity index (χ3n) is 5.70. The van der Waals surface area contributed by atoms with Crippen LogP contribution < -0.4 is 9.47 Å². The van der Waals surface area contributed by atoms with Crippen LogP contribution in [0.3, 0.4) is 0 Å². The number of piperazine rings is 1. The maximum absolute atomic E-state index is 13.0. The molecule has 1 aromatic rings. The smallest absolute Gasteiger partial charge is 0.246 e. The number of hydrogen-bond donors (Lipinski definition) is 0. The molecule has 0 bridgehead atoms. The highest BCUT2D eigenvalue weighted by Gasteiger charge is 2.59. The Balaban J connectivity index is 1.87. The molecular weight excluding hydrogens is 402 g/mol. The van der Waals surface area contributed by atoms with Crippen molar-refractivity contribution in [3.63, 3.8) is 0 Å². The van der Waals surface area contributed by atoms with Gasteiger partial charge in [-0.25, -0.2) is 0 Å². The molecule has 0 radical (unpaired) electrons. The predicted molar refractivity (Wildman–Crippen MR) is 94.2 cm³/mol. The molecule has 4 rings (SSSR count). The zero-order valence-electron chi connectivity index (χ0n) is 14.7. The van der Waals surface area contributed by atoms with Gasteiger partial charge in [0.05, 0.1) is 17.5 Å². The number of hydrogen-bond acceptors (Lipinski definition) is 5. The SMILES string of the molecule is C[C@@H]1C(=O)N2C(C[C@](C)(C#N)C2c2cc3c(cc2Br)OCO3)C(=O)N1C. The fraction of sp³-hybridized carbons (Fsp3) is 0.500. The van der Waals surface area contributed by atoms with Crippen LogP contribution in [0.5, 0.6) is 11.5 Å². The molecule has 0 aliphatic carbocycles. The lowest BCUT2D eigenvalue weighted by Gasteiger charge is -2.42. The monoisotopic (exact) mass is 419 g/mol. The molecule has 2 fully saturated rings. The van der Waals surface area contributed by atoms with Crippen molar-refractivity contribution >= 4 is 27.7 Å². The third-order valence-corrected chi connectivity index (χ3v) is 6.39. The van der Waals surface area contributed by atoms with Crippen LogP contribution in [-0.2, 0) is 9.59 Å². The van der Waals surface area contributed by atoms with Crippen LogP contribution in [0.1, 0.15) is 31.9 Å². The van der Waals surface area contributed by atoms with Gasteiger partial charge in [-0.1, -0.05) is 15.9 Å². The van der Waals surface area contributed by atoms with Gasteiger partial charge in [-0.3, -0.25) is 9.59 Å². The molecule has 2 amide bonds. The van der Waals surface area contributed by atoms with Gasteiger partial charge in [-0.05, 0) is 38.0 Å². The number of ether oxygens (including phenoxy) is 2. The van der Waals surface area contributed by atoms with E-state index in [2.05, 4.69) is 22.0 Å². The molecule has 3 aliphatic heterocycles. The highest BCUT2D eigenvalue weighted by Crippen LogP contribution is 2.54. The first-order chi connectivity index (χ1) is 12.3. The summed E-state index contributed by atoms with van der Waals surface area (Å²) in [5, 5.41) is 9.91. The van der Waals surface area contributed by atoms with Crippen molar-refractivity contribution in [2.45, 2.75) is 38.4 Å². The first kappa shape index (κ1) is 17.2. The molecule has 1 aromatic carbocycles. The first-order valence-electron chi connectivity index (χ1n) is 8.37. The minimum Gasteiger partial charge on any atom is -0.454 e. The van der Waals surface area contributed by atoms with Gasteiger partial charge in [0.25, 0.3) is 0 Å². The number of carbonyl (C=O) groups excluding carboxylic acids is 2. The lowest BCUT2D eigenvalue weighted by atomic mass is 9.79. The molecular formula is C18H18BrN3O4. The van der Waals surface area contributed by atoms with Gasteiger partial charge >= 0.3 is 0 Å². The molecule has 2 unspecified atom stereocenters. The van der Waals surface area contributed by atoms with E-state index in [9.17, 15) is 14.9 Å². The van der Waals surface area contributed by atoms with Crippen LogP contribution in [-0.4, -0.2) is 47.5 Å². The van der Waals surface area contributed by atoms with E-state index >= 15 is 0 Å². The summed E-state index contributed by atoms with van der Waals surface area (Å²) in [6.07, 6.45) is 0.302. The van der Waals surface area contributed by atoms with Crippen molar-refractivity contribution in [3.05, 3.63) is 22.2 Å². The lowest BCUT2D eigenvalue weighted by molar-refractivity contribution is -0.159. The summed E-state index contributed by atoms with van der Waals surface area (Å²) in [5.74, 6) is 0.916. The first-order valence-corrected chi connectivity index (χ1v) is 9.17. The summed E-state index contributed by atoms with van der Waals surface area (Å²) in [4.78, 5) is 28.9. The van der Waals surface area contributed by atoms with Gasteiger partial charge in [-0.15, -0.1) is 0 Å². The molecule has 136 valence electrons. The van der Waals surface area contributed by atoms with E-state index in [4.69, 9.17) is 9.47 Å². The van der Waals surface area contributed by atoms with Crippen molar-refractivity contribution in [2.75, 3.05) is 13.8 Å². The number of halogens is 1. The number of amides is 2.